The summed E-state index contributed by atoms with van der Waals surface area (Å²) >= 11 is 0. The number of rotatable bonds is 5. The SMILES string of the molecule is CC(C)(CNC(=O)c1ccc(NN)nn1)C(N)=O. The van der Waals surface area contributed by atoms with Gasteiger partial charge in [0, 0.05) is 6.54 Å². The Morgan fingerprint density at radius 3 is 2.44 bits per heavy atom. The third-order valence-corrected chi connectivity index (χ3v) is 2.40. The standard InChI is InChI=1S/C10H16N6O2/c1-10(2,9(11)18)5-13-8(17)6-3-4-7(14-12)16-15-6/h3-4H,5,12H2,1-2H3,(H2,11,18)(H,13,17)(H,14,16). The molecule has 0 aromatic carbocycles. The molecular weight excluding hydrogens is 236 g/mol. The van der Waals surface area contributed by atoms with Crippen LogP contribution in [0, 0.1) is 5.41 Å². The zero-order valence-electron chi connectivity index (χ0n) is 10.2. The first kappa shape index (κ1) is 13.8. The third kappa shape index (κ3) is 3.39. The average Bonchev–Trinajstić information content (AvgIpc) is 2.36. The number of nitrogens with zero attached hydrogens (tertiary/aromatic N) is 2. The summed E-state index contributed by atoms with van der Waals surface area (Å²) in [6.07, 6.45) is 0. The van der Waals surface area contributed by atoms with E-state index in [1.165, 1.54) is 12.1 Å². The number of carbonyl (C=O) groups is 2. The molecule has 2 amide bonds. The van der Waals surface area contributed by atoms with Gasteiger partial charge in [-0.15, -0.1) is 10.2 Å². The Morgan fingerprint density at radius 2 is 2.00 bits per heavy atom. The van der Waals surface area contributed by atoms with E-state index in [2.05, 4.69) is 20.9 Å². The maximum Gasteiger partial charge on any atom is 0.271 e. The van der Waals surface area contributed by atoms with E-state index in [-0.39, 0.29) is 12.2 Å². The van der Waals surface area contributed by atoms with E-state index in [4.69, 9.17) is 11.6 Å². The van der Waals surface area contributed by atoms with Gasteiger partial charge in [0.1, 0.15) is 0 Å². The lowest BCUT2D eigenvalue weighted by molar-refractivity contribution is -0.125. The van der Waals surface area contributed by atoms with Crippen LogP contribution in [0.5, 0.6) is 0 Å². The molecule has 0 aliphatic rings. The number of nitrogens with two attached hydrogens (primary N) is 2. The molecule has 6 N–H and O–H groups in total. The molecule has 1 aromatic rings. The van der Waals surface area contributed by atoms with Gasteiger partial charge in [-0.3, -0.25) is 9.59 Å². The van der Waals surface area contributed by atoms with Crippen LogP contribution in [0.1, 0.15) is 24.3 Å². The second-order valence-corrected chi connectivity index (χ2v) is 4.38. The predicted molar refractivity (Wildman–Crippen MR) is 65.2 cm³/mol. The number of aromatic nitrogens is 2. The number of hydrazine groups is 1. The molecule has 0 atom stereocenters. The Balaban J connectivity index is 2.63. The Labute approximate surface area is 104 Å². The van der Waals surface area contributed by atoms with Crippen molar-refractivity contribution in [2.75, 3.05) is 12.0 Å². The molecule has 98 valence electrons. The summed E-state index contributed by atoms with van der Waals surface area (Å²) in [4.78, 5) is 22.8. The number of nitrogen functional groups attached to an aromatic ring is 1. The van der Waals surface area contributed by atoms with Gasteiger partial charge in [-0.2, -0.15) is 0 Å². The summed E-state index contributed by atoms with van der Waals surface area (Å²) in [5.74, 6) is 4.55. The van der Waals surface area contributed by atoms with Crippen LogP contribution in [-0.2, 0) is 4.79 Å². The number of anilines is 1. The Morgan fingerprint density at radius 1 is 1.33 bits per heavy atom. The first-order valence-corrected chi connectivity index (χ1v) is 5.25. The molecule has 8 nitrogen and oxygen atoms in total. The third-order valence-electron chi connectivity index (χ3n) is 2.40. The summed E-state index contributed by atoms with van der Waals surface area (Å²) in [7, 11) is 0. The van der Waals surface area contributed by atoms with Gasteiger partial charge >= 0.3 is 0 Å². The highest BCUT2D eigenvalue weighted by molar-refractivity contribution is 5.92. The number of amides is 2. The fourth-order valence-corrected chi connectivity index (χ4v) is 1.01. The summed E-state index contributed by atoms with van der Waals surface area (Å²) in [6.45, 7) is 3.41. The lowest BCUT2D eigenvalue weighted by Crippen LogP contribution is -2.42. The molecule has 0 bridgehead atoms. The van der Waals surface area contributed by atoms with Gasteiger partial charge in [-0.1, -0.05) is 0 Å². The van der Waals surface area contributed by atoms with Crippen molar-refractivity contribution < 1.29 is 9.59 Å². The van der Waals surface area contributed by atoms with Gasteiger partial charge in [0.2, 0.25) is 5.91 Å². The minimum atomic E-state index is -0.818. The predicted octanol–water partition coefficient (Wildman–Crippen LogP) is -0.996. The van der Waals surface area contributed by atoms with Gasteiger partial charge < -0.3 is 16.5 Å². The van der Waals surface area contributed by atoms with Crippen LogP contribution in [0.15, 0.2) is 12.1 Å². The van der Waals surface area contributed by atoms with Crippen molar-refractivity contribution in [2.45, 2.75) is 13.8 Å². The van der Waals surface area contributed by atoms with Crippen LogP contribution in [-0.4, -0.2) is 28.6 Å². The molecule has 1 heterocycles. The molecule has 0 aliphatic carbocycles. The lowest BCUT2D eigenvalue weighted by atomic mass is 9.93. The van der Waals surface area contributed by atoms with E-state index >= 15 is 0 Å². The number of hydrogen-bond acceptors (Lipinski definition) is 6. The number of primary amides is 1. The van der Waals surface area contributed by atoms with Crippen LogP contribution < -0.4 is 22.3 Å². The Hall–Kier alpha value is -2.22. The van der Waals surface area contributed by atoms with Crippen molar-refractivity contribution >= 4 is 17.6 Å². The fraction of sp³-hybridized carbons (Fsp3) is 0.400. The monoisotopic (exact) mass is 252 g/mol. The zero-order chi connectivity index (χ0) is 13.8. The van der Waals surface area contributed by atoms with Crippen molar-refractivity contribution in [1.29, 1.82) is 0 Å². The highest BCUT2D eigenvalue weighted by Crippen LogP contribution is 2.12. The molecule has 0 spiro atoms. The van der Waals surface area contributed by atoms with Crippen LogP contribution in [0.2, 0.25) is 0 Å². The van der Waals surface area contributed by atoms with Crippen LogP contribution in [0.25, 0.3) is 0 Å². The van der Waals surface area contributed by atoms with Gasteiger partial charge in [0.25, 0.3) is 5.91 Å². The van der Waals surface area contributed by atoms with Crippen molar-refractivity contribution in [3.8, 4) is 0 Å². The molecule has 0 saturated heterocycles. The van der Waals surface area contributed by atoms with E-state index in [0.717, 1.165) is 0 Å². The maximum absolute atomic E-state index is 11.7. The van der Waals surface area contributed by atoms with E-state index in [1.807, 2.05) is 0 Å². The second-order valence-electron chi connectivity index (χ2n) is 4.38. The van der Waals surface area contributed by atoms with E-state index in [9.17, 15) is 9.59 Å². The maximum atomic E-state index is 11.7. The second kappa shape index (κ2) is 5.41. The molecule has 18 heavy (non-hydrogen) atoms. The van der Waals surface area contributed by atoms with E-state index in [1.54, 1.807) is 13.8 Å². The Bertz CT molecular complexity index is 442. The minimum absolute atomic E-state index is 0.125. The summed E-state index contributed by atoms with van der Waals surface area (Å²) in [5, 5.41) is 9.90. The molecule has 0 radical (unpaired) electrons. The van der Waals surface area contributed by atoms with E-state index < -0.39 is 17.2 Å². The van der Waals surface area contributed by atoms with Gasteiger partial charge in [0.05, 0.1) is 5.41 Å². The van der Waals surface area contributed by atoms with Crippen LogP contribution in [0.4, 0.5) is 5.82 Å². The van der Waals surface area contributed by atoms with Gasteiger partial charge in [-0.05, 0) is 26.0 Å². The highest BCUT2D eigenvalue weighted by atomic mass is 16.2. The number of hydrogen-bond donors (Lipinski definition) is 4. The first-order chi connectivity index (χ1) is 8.36. The molecule has 0 aliphatic heterocycles. The molecule has 0 unspecified atom stereocenters. The quantitative estimate of drug-likeness (QED) is 0.392. The lowest BCUT2D eigenvalue weighted by Gasteiger charge is -2.20. The molecular formula is C10H16N6O2. The van der Waals surface area contributed by atoms with E-state index in [0.29, 0.717) is 5.82 Å². The van der Waals surface area contributed by atoms with Crippen molar-refractivity contribution in [3.05, 3.63) is 17.8 Å². The number of carbonyl (C=O) groups excluding carboxylic acids is 2. The molecule has 0 fully saturated rings. The van der Waals surface area contributed by atoms with Crippen molar-refractivity contribution in [1.82, 2.24) is 15.5 Å². The molecule has 0 saturated carbocycles. The summed E-state index contributed by atoms with van der Waals surface area (Å²) in [6, 6.07) is 2.98. The smallest absolute Gasteiger partial charge is 0.271 e. The molecule has 1 rings (SSSR count). The van der Waals surface area contributed by atoms with Crippen LogP contribution in [0.3, 0.4) is 0 Å². The molecule has 1 aromatic heterocycles. The van der Waals surface area contributed by atoms with Crippen LogP contribution >= 0.6 is 0 Å². The van der Waals surface area contributed by atoms with Crippen molar-refractivity contribution in [3.63, 3.8) is 0 Å². The van der Waals surface area contributed by atoms with Crippen molar-refractivity contribution in [2.24, 2.45) is 17.0 Å². The average molecular weight is 252 g/mol. The van der Waals surface area contributed by atoms with Gasteiger partial charge in [-0.25, -0.2) is 5.84 Å². The Kier molecular flexibility index (Phi) is 4.16. The topological polar surface area (TPSA) is 136 Å². The normalized spacial score (nSPS) is 10.8. The summed E-state index contributed by atoms with van der Waals surface area (Å²) < 4.78 is 0. The zero-order valence-corrected chi connectivity index (χ0v) is 10.2. The largest absolute Gasteiger partial charge is 0.369 e. The number of nitrogens with one attached hydrogen (secondary N) is 2. The fourth-order valence-electron chi connectivity index (χ4n) is 1.01. The van der Waals surface area contributed by atoms with Gasteiger partial charge in [0.15, 0.2) is 11.5 Å². The summed E-state index contributed by atoms with van der Waals surface area (Å²) in [5.41, 5.74) is 6.81. The molecule has 8 heteroatoms. The minimum Gasteiger partial charge on any atom is -0.369 e. The first-order valence-electron chi connectivity index (χ1n) is 5.25. The highest BCUT2D eigenvalue weighted by Gasteiger charge is 2.25.